The molecule has 98 valence electrons. The molecule has 0 aromatic heterocycles. The van der Waals surface area contributed by atoms with Gasteiger partial charge in [0.05, 0.1) is 13.2 Å². The quantitative estimate of drug-likeness (QED) is 0.340. The first kappa shape index (κ1) is 15.7. The number of hydrogen-bond donors (Lipinski definition) is 5. The Morgan fingerprint density at radius 2 is 1.88 bits per heavy atom. The molecule has 1 saturated heterocycles. The van der Waals surface area contributed by atoms with Crippen LogP contribution in [0.1, 0.15) is 12.8 Å². The Bertz CT molecular complexity index is 204. The van der Waals surface area contributed by atoms with E-state index in [1.54, 1.807) is 0 Å². The molecule has 0 bridgehead atoms. The summed E-state index contributed by atoms with van der Waals surface area (Å²) >= 11 is 0. The predicted molar refractivity (Wildman–Crippen MR) is 55.7 cm³/mol. The van der Waals surface area contributed by atoms with Crippen LogP contribution < -0.4 is 5.73 Å². The van der Waals surface area contributed by atoms with Gasteiger partial charge in [0, 0.05) is 0 Å². The van der Waals surface area contributed by atoms with Crippen molar-refractivity contribution in [1.82, 2.24) is 0 Å². The second-order valence-corrected chi connectivity index (χ2v) is 3.89. The summed E-state index contributed by atoms with van der Waals surface area (Å²) < 4.78 is 5.32. The number of aliphatic hydroxyl groups excluding tert-OH is 4. The maximum atomic E-state index is 9.75. The van der Waals surface area contributed by atoms with Gasteiger partial charge in [0.2, 0.25) is 0 Å². The molecule has 16 heavy (non-hydrogen) atoms. The van der Waals surface area contributed by atoms with Gasteiger partial charge in [-0.15, -0.1) is 0 Å². The average molecular weight is 239 g/mol. The van der Waals surface area contributed by atoms with Gasteiger partial charge in [-0.1, -0.05) is 0 Å². The second kappa shape index (κ2) is 6.45. The summed E-state index contributed by atoms with van der Waals surface area (Å²) in [5.74, 6) is 0. The van der Waals surface area contributed by atoms with Gasteiger partial charge < -0.3 is 36.4 Å². The Hall–Kier alpha value is -0.280. The van der Waals surface area contributed by atoms with Gasteiger partial charge >= 0.3 is 0 Å². The maximum absolute atomic E-state index is 9.75. The van der Waals surface area contributed by atoms with Gasteiger partial charge in [-0.05, 0) is 19.4 Å². The van der Waals surface area contributed by atoms with Gasteiger partial charge in [-0.2, -0.15) is 0 Å². The summed E-state index contributed by atoms with van der Waals surface area (Å²) in [6.07, 6.45) is -2.27. The molecule has 1 rings (SSSR count). The van der Waals surface area contributed by atoms with Crippen molar-refractivity contribution in [3.63, 3.8) is 0 Å². The molecule has 7 nitrogen and oxygen atoms in total. The fourth-order valence-electron chi connectivity index (χ4n) is 1.92. The van der Waals surface area contributed by atoms with E-state index < -0.39 is 30.5 Å². The molecule has 1 unspecified atom stereocenters. The van der Waals surface area contributed by atoms with Crippen LogP contribution in [0.3, 0.4) is 0 Å². The van der Waals surface area contributed by atoms with Gasteiger partial charge in [0.15, 0.2) is 0 Å². The Labute approximate surface area is 93.8 Å². The third kappa shape index (κ3) is 2.69. The lowest BCUT2D eigenvalue weighted by Gasteiger charge is -2.29. The summed E-state index contributed by atoms with van der Waals surface area (Å²) in [4.78, 5) is 0. The number of nitrogens with two attached hydrogens (primary N) is 1. The molecule has 4 atom stereocenters. The molecule has 0 amide bonds. The lowest BCUT2D eigenvalue weighted by atomic mass is 9.90. The van der Waals surface area contributed by atoms with Gasteiger partial charge in [0.25, 0.3) is 0 Å². The third-order valence-corrected chi connectivity index (χ3v) is 2.88. The zero-order valence-electron chi connectivity index (χ0n) is 9.04. The van der Waals surface area contributed by atoms with Crippen LogP contribution in [0.5, 0.6) is 0 Å². The first-order valence-electron chi connectivity index (χ1n) is 5.07. The van der Waals surface area contributed by atoms with Gasteiger partial charge in [0.1, 0.15) is 23.9 Å². The van der Waals surface area contributed by atoms with E-state index in [4.69, 9.17) is 15.6 Å². The fourth-order valence-corrected chi connectivity index (χ4v) is 1.92. The van der Waals surface area contributed by atoms with E-state index in [0.717, 1.165) is 0 Å². The van der Waals surface area contributed by atoms with Crippen LogP contribution in [-0.2, 0) is 4.74 Å². The molecule has 0 spiro atoms. The van der Waals surface area contributed by atoms with Gasteiger partial charge in [-0.3, -0.25) is 0 Å². The van der Waals surface area contributed by atoms with Crippen molar-refractivity contribution in [1.29, 1.82) is 0 Å². The largest absolute Gasteiger partial charge is 0.412 e. The van der Waals surface area contributed by atoms with Crippen molar-refractivity contribution in [2.75, 3.05) is 19.8 Å². The molecule has 1 heterocycles. The minimum Gasteiger partial charge on any atom is -0.412 e. The Morgan fingerprint density at radius 3 is 2.25 bits per heavy atom. The summed E-state index contributed by atoms with van der Waals surface area (Å²) in [6, 6.07) is 0. The molecule has 0 radical (unpaired) electrons. The molecular weight excluding hydrogens is 218 g/mol. The van der Waals surface area contributed by atoms with Crippen molar-refractivity contribution in [3.8, 4) is 0 Å². The van der Waals surface area contributed by atoms with Gasteiger partial charge in [-0.25, -0.2) is 0 Å². The van der Waals surface area contributed by atoms with Crippen LogP contribution >= 0.6 is 0 Å². The average Bonchev–Trinajstić information content (AvgIpc) is 2.51. The summed E-state index contributed by atoms with van der Waals surface area (Å²) in [5.41, 5.74) is 4.15. The lowest BCUT2D eigenvalue weighted by Crippen LogP contribution is -2.46. The van der Waals surface area contributed by atoms with E-state index in [1.165, 1.54) is 0 Å². The highest BCUT2D eigenvalue weighted by Gasteiger charge is 2.52. The first-order valence-corrected chi connectivity index (χ1v) is 5.07. The lowest BCUT2D eigenvalue weighted by molar-refractivity contribution is -0.123. The Balaban J connectivity index is 0.00000225. The van der Waals surface area contributed by atoms with Crippen molar-refractivity contribution >= 4 is 0 Å². The molecule has 0 aromatic rings. The van der Waals surface area contributed by atoms with Crippen LogP contribution in [0.25, 0.3) is 0 Å². The smallest absolute Gasteiger partial charge is 0.120 e. The summed E-state index contributed by atoms with van der Waals surface area (Å²) in [5, 5.41) is 37.4. The number of rotatable bonds is 5. The molecule has 7 heteroatoms. The molecule has 8 N–H and O–H groups in total. The van der Waals surface area contributed by atoms with E-state index >= 15 is 0 Å². The zero-order chi connectivity index (χ0) is 11.5. The molecular formula is C9H21NO6. The molecule has 0 aromatic carbocycles. The van der Waals surface area contributed by atoms with E-state index in [9.17, 15) is 15.3 Å². The number of hydrogen-bond acceptors (Lipinski definition) is 6. The summed E-state index contributed by atoms with van der Waals surface area (Å²) in [7, 11) is 0. The van der Waals surface area contributed by atoms with E-state index in [-0.39, 0.29) is 12.1 Å². The van der Waals surface area contributed by atoms with Crippen LogP contribution in [0.15, 0.2) is 0 Å². The highest BCUT2D eigenvalue weighted by molar-refractivity contribution is 5.01. The number of aliphatic hydroxyl groups is 4. The van der Waals surface area contributed by atoms with Crippen molar-refractivity contribution in [2.24, 2.45) is 5.73 Å². The Kier molecular flexibility index (Phi) is 6.34. The maximum Gasteiger partial charge on any atom is 0.120 e. The van der Waals surface area contributed by atoms with E-state index in [0.29, 0.717) is 19.4 Å². The van der Waals surface area contributed by atoms with Crippen LogP contribution in [-0.4, -0.2) is 69.6 Å². The molecule has 1 aliphatic heterocycles. The van der Waals surface area contributed by atoms with Crippen LogP contribution in [0.2, 0.25) is 0 Å². The van der Waals surface area contributed by atoms with Crippen LogP contribution in [0.4, 0.5) is 0 Å². The van der Waals surface area contributed by atoms with Crippen molar-refractivity contribution in [3.05, 3.63) is 0 Å². The van der Waals surface area contributed by atoms with Crippen LogP contribution in [0, 0.1) is 0 Å². The number of ether oxygens (including phenoxy) is 1. The van der Waals surface area contributed by atoms with E-state index in [1.807, 2.05) is 0 Å². The SMILES string of the molecule is NCCCC1(CO)O[C@H](CO)[C@@H](O)[C@@H]1O.O. The highest BCUT2D eigenvalue weighted by atomic mass is 16.6. The standard InChI is InChI=1S/C9H19NO5.H2O/c10-3-1-2-9(5-12)8(14)7(13)6(4-11)15-9;/h6-8,11-14H,1-5,10H2;1H2/t6-,7-,8+,9?;/m1./s1. The minimum atomic E-state index is -1.19. The van der Waals surface area contributed by atoms with Crippen molar-refractivity contribution in [2.45, 2.75) is 36.8 Å². The topological polar surface area (TPSA) is 148 Å². The molecule has 0 saturated carbocycles. The molecule has 1 fully saturated rings. The second-order valence-electron chi connectivity index (χ2n) is 3.89. The molecule has 1 aliphatic rings. The highest BCUT2D eigenvalue weighted by Crippen LogP contribution is 2.34. The Morgan fingerprint density at radius 1 is 1.25 bits per heavy atom. The normalized spacial score (nSPS) is 38.4. The first-order chi connectivity index (χ1) is 7.11. The van der Waals surface area contributed by atoms with E-state index in [2.05, 4.69) is 0 Å². The third-order valence-electron chi connectivity index (χ3n) is 2.88. The zero-order valence-corrected chi connectivity index (χ0v) is 9.04. The monoisotopic (exact) mass is 239 g/mol. The van der Waals surface area contributed by atoms with Crippen molar-refractivity contribution < 1.29 is 30.6 Å². The minimum absolute atomic E-state index is 0. The summed E-state index contributed by atoms with van der Waals surface area (Å²) in [6.45, 7) is -0.373. The predicted octanol–water partition coefficient (Wildman–Crippen LogP) is -3.26. The molecule has 0 aliphatic carbocycles. The fraction of sp³-hybridized carbons (Fsp3) is 1.00.